The summed E-state index contributed by atoms with van der Waals surface area (Å²) in [5.74, 6) is -0.507. The highest BCUT2D eigenvalue weighted by Gasteiger charge is 2.13. The van der Waals surface area contributed by atoms with Crippen molar-refractivity contribution in [2.24, 2.45) is 0 Å². The van der Waals surface area contributed by atoms with Gasteiger partial charge in [0.15, 0.2) is 0 Å². The van der Waals surface area contributed by atoms with Crippen LogP contribution in [0.2, 0.25) is 0 Å². The van der Waals surface area contributed by atoms with Crippen molar-refractivity contribution in [2.75, 3.05) is 36.5 Å². The van der Waals surface area contributed by atoms with Gasteiger partial charge in [0.05, 0.1) is 18.9 Å². The second kappa shape index (κ2) is 8.13. The average Bonchev–Trinajstić information content (AvgIpc) is 3.19. The molecule has 0 radical (unpaired) electrons. The Morgan fingerprint density at radius 1 is 1.11 bits per heavy atom. The topological polar surface area (TPSA) is 85.2 Å². The second-order valence-corrected chi connectivity index (χ2v) is 6.32. The van der Waals surface area contributed by atoms with Crippen molar-refractivity contribution in [3.8, 4) is 11.4 Å². The van der Waals surface area contributed by atoms with E-state index in [2.05, 4.69) is 25.6 Å². The van der Waals surface area contributed by atoms with Crippen molar-refractivity contribution >= 4 is 17.3 Å². The molecule has 2 heterocycles. The van der Waals surface area contributed by atoms with E-state index in [-0.39, 0.29) is 12.2 Å². The largest absolute Gasteiger partial charge is 0.378 e. The molecular weight excluding hydrogens is 363 g/mol. The van der Waals surface area contributed by atoms with Crippen LogP contribution >= 0.6 is 0 Å². The zero-order valence-electron chi connectivity index (χ0n) is 15.1. The normalized spacial score (nSPS) is 14.1. The van der Waals surface area contributed by atoms with Gasteiger partial charge in [-0.05, 0) is 41.6 Å². The zero-order chi connectivity index (χ0) is 19.3. The number of amides is 1. The lowest BCUT2D eigenvalue weighted by molar-refractivity contribution is -0.117. The van der Waals surface area contributed by atoms with E-state index in [0.29, 0.717) is 5.82 Å². The molecule has 0 aliphatic carbocycles. The summed E-state index contributed by atoms with van der Waals surface area (Å²) in [5, 5.41) is 14.6. The molecule has 1 aromatic heterocycles. The highest BCUT2D eigenvalue weighted by Crippen LogP contribution is 2.21. The summed E-state index contributed by atoms with van der Waals surface area (Å²) in [5.41, 5.74) is 2.04. The van der Waals surface area contributed by atoms with E-state index in [1.54, 1.807) is 12.1 Å². The Balaban J connectivity index is 1.40. The predicted molar refractivity (Wildman–Crippen MR) is 101 cm³/mol. The summed E-state index contributed by atoms with van der Waals surface area (Å²) < 4.78 is 19.0. The molecule has 0 bridgehead atoms. The van der Waals surface area contributed by atoms with Gasteiger partial charge in [-0.3, -0.25) is 4.79 Å². The van der Waals surface area contributed by atoms with E-state index in [9.17, 15) is 9.18 Å². The number of hydrogen-bond donors (Lipinski definition) is 1. The summed E-state index contributed by atoms with van der Waals surface area (Å²) in [6.07, 6.45) is 0. The maximum Gasteiger partial charge on any atom is 0.248 e. The molecule has 1 fully saturated rings. The minimum Gasteiger partial charge on any atom is -0.378 e. The van der Waals surface area contributed by atoms with Gasteiger partial charge in [-0.25, -0.2) is 4.39 Å². The van der Waals surface area contributed by atoms with Crippen LogP contribution in [-0.4, -0.2) is 52.4 Å². The molecule has 1 saturated heterocycles. The number of carbonyl (C=O) groups is 1. The number of morpholine rings is 1. The highest BCUT2D eigenvalue weighted by atomic mass is 19.1. The Kier molecular flexibility index (Phi) is 5.24. The minimum absolute atomic E-state index is 0.117. The smallest absolute Gasteiger partial charge is 0.248 e. The molecule has 1 amide bonds. The quantitative estimate of drug-likeness (QED) is 0.726. The van der Waals surface area contributed by atoms with Crippen LogP contribution in [0.15, 0.2) is 48.5 Å². The van der Waals surface area contributed by atoms with E-state index < -0.39 is 11.7 Å². The first-order chi connectivity index (χ1) is 13.7. The lowest BCUT2D eigenvalue weighted by Gasteiger charge is -2.28. The van der Waals surface area contributed by atoms with Crippen molar-refractivity contribution in [3.63, 3.8) is 0 Å². The lowest BCUT2D eigenvalue weighted by Crippen LogP contribution is -2.36. The standard InChI is InChI=1S/C19H19FN6O2/c20-16-3-1-2-4-17(16)21-18(27)13-26-23-19(22-24-26)14-5-7-15(8-6-14)25-9-11-28-12-10-25/h1-8H,9-13H2,(H,21,27). The molecule has 28 heavy (non-hydrogen) atoms. The van der Waals surface area contributed by atoms with Crippen molar-refractivity contribution in [1.82, 2.24) is 20.2 Å². The number of nitrogens with one attached hydrogen (secondary N) is 1. The molecule has 1 N–H and O–H groups in total. The van der Waals surface area contributed by atoms with Gasteiger partial charge < -0.3 is 15.0 Å². The fourth-order valence-electron chi connectivity index (χ4n) is 2.95. The Bertz CT molecular complexity index is 953. The second-order valence-electron chi connectivity index (χ2n) is 6.32. The molecule has 1 aliphatic rings. The van der Waals surface area contributed by atoms with Crippen molar-refractivity contribution < 1.29 is 13.9 Å². The zero-order valence-corrected chi connectivity index (χ0v) is 15.1. The Morgan fingerprint density at radius 2 is 1.86 bits per heavy atom. The predicted octanol–water partition coefficient (Wildman–Crippen LogP) is 1.95. The summed E-state index contributed by atoms with van der Waals surface area (Å²) in [6.45, 7) is 3.03. The molecule has 0 unspecified atom stereocenters. The molecule has 9 heteroatoms. The first kappa shape index (κ1) is 18.1. The SMILES string of the molecule is O=C(Cn1nnc(-c2ccc(N3CCOCC3)cc2)n1)Nc1ccccc1F. The number of ether oxygens (including phenoxy) is 1. The van der Waals surface area contributed by atoms with E-state index in [0.717, 1.165) is 37.6 Å². The third kappa shape index (κ3) is 4.15. The first-order valence-electron chi connectivity index (χ1n) is 8.94. The monoisotopic (exact) mass is 382 g/mol. The molecule has 4 rings (SSSR count). The molecule has 2 aromatic carbocycles. The fraction of sp³-hybridized carbons (Fsp3) is 0.263. The molecule has 3 aromatic rings. The van der Waals surface area contributed by atoms with Crippen LogP contribution in [0.4, 0.5) is 15.8 Å². The number of halogens is 1. The number of carbonyl (C=O) groups excluding carboxylic acids is 1. The molecule has 144 valence electrons. The Hall–Kier alpha value is -3.33. The van der Waals surface area contributed by atoms with Crippen molar-refractivity contribution in [1.29, 1.82) is 0 Å². The number of para-hydroxylation sites is 1. The minimum atomic E-state index is -0.497. The summed E-state index contributed by atoms with van der Waals surface area (Å²) in [6, 6.07) is 13.8. The van der Waals surface area contributed by atoms with Crippen LogP contribution in [0.25, 0.3) is 11.4 Å². The van der Waals surface area contributed by atoms with Gasteiger partial charge >= 0.3 is 0 Å². The fourth-order valence-corrected chi connectivity index (χ4v) is 2.95. The summed E-state index contributed by atoms with van der Waals surface area (Å²) in [4.78, 5) is 15.5. The highest BCUT2D eigenvalue weighted by molar-refractivity contribution is 5.90. The van der Waals surface area contributed by atoms with Crippen LogP contribution in [0.1, 0.15) is 0 Å². The van der Waals surface area contributed by atoms with Crippen LogP contribution in [0.3, 0.4) is 0 Å². The van der Waals surface area contributed by atoms with Gasteiger partial charge in [0.25, 0.3) is 0 Å². The van der Waals surface area contributed by atoms with Crippen LogP contribution < -0.4 is 10.2 Å². The number of anilines is 2. The van der Waals surface area contributed by atoms with Crippen molar-refractivity contribution in [2.45, 2.75) is 6.54 Å². The lowest BCUT2D eigenvalue weighted by atomic mass is 10.2. The van der Waals surface area contributed by atoms with Gasteiger partial charge in [0.2, 0.25) is 11.7 Å². The van der Waals surface area contributed by atoms with Gasteiger partial charge in [-0.1, -0.05) is 12.1 Å². The number of tetrazole rings is 1. The molecule has 0 spiro atoms. The van der Waals surface area contributed by atoms with Crippen LogP contribution in [0, 0.1) is 5.82 Å². The molecule has 0 atom stereocenters. The average molecular weight is 382 g/mol. The van der Waals surface area contributed by atoms with Crippen LogP contribution in [-0.2, 0) is 16.1 Å². The van der Waals surface area contributed by atoms with Crippen LogP contribution in [0.5, 0.6) is 0 Å². The van der Waals surface area contributed by atoms with E-state index in [1.807, 2.05) is 24.3 Å². The van der Waals surface area contributed by atoms with Gasteiger partial charge in [0, 0.05) is 24.3 Å². The maximum atomic E-state index is 13.6. The Morgan fingerprint density at radius 3 is 2.61 bits per heavy atom. The van der Waals surface area contributed by atoms with E-state index in [1.165, 1.54) is 16.9 Å². The Labute approximate surface area is 160 Å². The number of nitrogens with zero attached hydrogens (tertiary/aromatic N) is 5. The molecule has 8 nitrogen and oxygen atoms in total. The summed E-state index contributed by atoms with van der Waals surface area (Å²) in [7, 11) is 0. The first-order valence-corrected chi connectivity index (χ1v) is 8.94. The van der Waals surface area contributed by atoms with Gasteiger partial charge in [-0.2, -0.15) is 4.80 Å². The number of hydrogen-bond acceptors (Lipinski definition) is 6. The summed E-state index contributed by atoms with van der Waals surface area (Å²) >= 11 is 0. The maximum absolute atomic E-state index is 13.6. The van der Waals surface area contributed by atoms with Gasteiger partial charge in [0.1, 0.15) is 12.4 Å². The third-order valence-electron chi connectivity index (χ3n) is 4.39. The molecular formula is C19H19FN6O2. The molecule has 0 saturated carbocycles. The number of aromatic nitrogens is 4. The molecule has 1 aliphatic heterocycles. The van der Waals surface area contributed by atoms with Gasteiger partial charge in [-0.15, -0.1) is 10.2 Å². The van der Waals surface area contributed by atoms with E-state index in [4.69, 9.17) is 4.74 Å². The van der Waals surface area contributed by atoms with E-state index >= 15 is 0 Å². The third-order valence-corrected chi connectivity index (χ3v) is 4.39. The number of benzene rings is 2. The number of rotatable bonds is 5. The van der Waals surface area contributed by atoms with Crippen molar-refractivity contribution in [3.05, 3.63) is 54.3 Å².